The van der Waals surface area contributed by atoms with Gasteiger partial charge in [-0.25, -0.2) is 5.48 Å². The molecule has 5 nitrogen and oxygen atoms in total. The summed E-state index contributed by atoms with van der Waals surface area (Å²) in [7, 11) is 3.06. The number of carbonyl (C=O) groups is 1. The summed E-state index contributed by atoms with van der Waals surface area (Å²) in [5.41, 5.74) is 2.87. The van der Waals surface area contributed by atoms with Crippen LogP contribution in [0, 0.1) is 0 Å². The van der Waals surface area contributed by atoms with Crippen molar-refractivity contribution in [3.8, 4) is 11.5 Å². The van der Waals surface area contributed by atoms with Crippen LogP contribution in [0.5, 0.6) is 11.5 Å². The van der Waals surface area contributed by atoms with Crippen molar-refractivity contribution in [3.05, 3.63) is 22.2 Å². The number of methoxy groups -OCH3 is 2. The van der Waals surface area contributed by atoms with E-state index in [4.69, 9.17) is 14.3 Å². The van der Waals surface area contributed by atoms with E-state index < -0.39 is 0 Å². The molecule has 0 spiro atoms. The summed E-state index contributed by atoms with van der Waals surface area (Å²) in [6, 6.07) is 3.37. The molecule has 1 fully saturated rings. The van der Waals surface area contributed by atoms with Gasteiger partial charge in [0.2, 0.25) is 0 Å². The maximum absolute atomic E-state index is 12.2. The monoisotopic (exact) mass is 343 g/mol. The molecule has 110 valence electrons. The number of ether oxygens (including phenoxy) is 2. The molecule has 0 unspecified atom stereocenters. The first-order valence-electron chi connectivity index (χ1n) is 6.53. The van der Waals surface area contributed by atoms with Crippen LogP contribution < -0.4 is 15.0 Å². The summed E-state index contributed by atoms with van der Waals surface area (Å²) in [6.07, 6.45) is 4.38. The molecule has 1 aliphatic rings. The zero-order valence-corrected chi connectivity index (χ0v) is 13.2. The highest BCUT2D eigenvalue weighted by atomic mass is 79.9. The lowest BCUT2D eigenvalue weighted by molar-refractivity contribution is -0.0126. The maximum Gasteiger partial charge on any atom is 0.278 e. The lowest BCUT2D eigenvalue weighted by Crippen LogP contribution is -2.28. The van der Waals surface area contributed by atoms with E-state index in [1.165, 1.54) is 7.11 Å². The van der Waals surface area contributed by atoms with Gasteiger partial charge in [0.1, 0.15) is 11.5 Å². The molecule has 0 saturated heterocycles. The van der Waals surface area contributed by atoms with E-state index in [1.807, 2.05) is 0 Å². The molecule has 20 heavy (non-hydrogen) atoms. The quantitative estimate of drug-likeness (QED) is 0.834. The number of carbonyl (C=O) groups excluding carboxylic acids is 1. The van der Waals surface area contributed by atoms with Gasteiger partial charge in [-0.15, -0.1) is 0 Å². The standard InChI is InChI=1S/C14H18BrNO4/c1-18-10-7-11(13(19-2)12(15)8-10)14(17)16-20-9-5-3-4-6-9/h7-9H,3-6H2,1-2H3,(H,16,17). The van der Waals surface area contributed by atoms with Crippen molar-refractivity contribution in [2.75, 3.05) is 14.2 Å². The van der Waals surface area contributed by atoms with Crippen molar-refractivity contribution in [1.29, 1.82) is 0 Å². The number of hydrogen-bond donors (Lipinski definition) is 1. The Morgan fingerprint density at radius 3 is 2.55 bits per heavy atom. The summed E-state index contributed by atoms with van der Waals surface area (Å²) in [6.45, 7) is 0. The second-order valence-electron chi connectivity index (χ2n) is 4.65. The minimum Gasteiger partial charge on any atom is -0.497 e. The van der Waals surface area contributed by atoms with Crippen LogP contribution in [0.3, 0.4) is 0 Å². The van der Waals surface area contributed by atoms with Crippen molar-refractivity contribution in [2.45, 2.75) is 31.8 Å². The minimum atomic E-state index is -0.339. The minimum absolute atomic E-state index is 0.110. The number of benzene rings is 1. The van der Waals surface area contributed by atoms with Gasteiger partial charge >= 0.3 is 0 Å². The first kappa shape index (κ1) is 15.1. The van der Waals surface area contributed by atoms with Crippen molar-refractivity contribution in [3.63, 3.8) is 0 Å². The average molecular weight is 344 g/mol. The molecular weight excluding hydrogens is 326 g/mol. The molecule has 1 aliphatic carbocycles. The second kappa shape index (κ2) is 6.95. The fraction of sp³-hybridized carbons (Fsp3) is 0.500. The normalized spacial score (nSPS) is 15.2. The van der Waals surface area contributed by atoms with E-state index in [0.29, 0.717) is 21.5 Å². The van der Waals surface area contributed by atoms with Gasteiger partial charge in [-0.3, -0.25) is 9.63 Å². The van der Waals surface area contributed by atoms with E-state index in [0.717, 1.165) is 25.7 Å². The van der Waals surface area contributed by atoms with Crippen LogP contribution >= 0.6 is 15.9 Å². The predicted octanol–water partition coefficient (Wildman–Crippen LogP) is 3.07. The molecule has 1 aromatic rings. The van der Waals surface area contributed by atoms with Crippen molar-refractivity contribution in [2.24, 2.45) is 0 Å². The van der Waals surface area contributed by atoms with E-state index in [-0.39, 0.29) is 12.0 Å². The van der Waals surface area contributed by atoms with Gasteiger partial charge < -0.3 is 9.47 Å². The molecule has 0 heterocycles. The largest absolute Gasteiger partial charge is 0.497 e. The molecular formula is C14H18BrNO4. The Morgan fingerprint density at radius 1 is 1.25 bits per heavy atom. The van der Waals surface area contributed by atoms with Crippen LogP contribution in [0.2, 0.25) is 0 Å². The molecule has 1 amide bonds. The molecule has 1 saturated carbocycles. The SMILES string of the molecule is COc1cc(Br)c(OC)c(C(=O)NOC2CCCC2)c1. The highest BCUT2D eigenvalue weighted by molar-refractivity contribution is 9.10. The maximum atomic E-state index is 12.2. The Labute approximate surface area is 126 Å². The third kappa shape index (κ3) is 3.43. The van der Waals surface area contributed by atoms with Crippen molar-refractivity contribution >= 4 is 21.8 Å². The van der Waals surface area contributed by atoms with Crippen molar-refractivity contribution < 1.29 is 19.1 Å². The van der Waals surface area contributed by atoms with E-state index in [9.17, 15) is 4.79 Å². The van der Waals surface area contributed by atoms with Gasteiger partial charge in [0.15, 0.2) is 0 Å². The van der Waals surface area contributed by atoms with Gasteiger partial charge in [-0.2, -0.15) is 0 Å². The van der Waals surface area contributed by atoms with Crippen LogP contribution in [-0.4, -0.2) is 26.2 Å². The summed E-state index contributed by atoms with van der Waals surface area (Å²) in [4.78, 5) is 17.6. The first-order valence-corrected chi connectivity index (χ1v) is 7.32. The number of rotatable bonds is 5. The lowest BCUT2D eigenvalue weighted by atomic mass is 10.2. The molecule has 0 radical (unpaired) electrons. The van der Waals surface area contributed by atoms with Gasteiger partial charge in [0.25, 0.3) is 5.91 Å². The number of halogens is 1. The highest BCUT2D eigenvalue weighted by Gasteiger charge is 2.20. The Hall–Kier alpha value is -1.27. The molecule has 1 N–H and O–H groups in total. The molecule has 0 aromatic heterocycles. The first-order chi connectivity index (χ1) is 9.65. The van der Waals surface area contributed by atoms with Gasteiger partial charge in [-0.1, -0.05) is 12.8 Å². The number of nitrogens with one attached hydrogen (secondary N) is 1. The van der Waals surface area contributed by atoms with Crippen LogP contribution in [0.25, 0.3) is 0 Å². The summed E-state index contributed by atoms with van der Waals surface area (Å²) in [5, 5.41) is 0. The fourth-order valence-electron chi connectivity index (χ4n) is 2.26. The predicted molar refractivity (Wildman–Crippen MR) is 78.1 cm³/mol. The van der Waals surface area contributed by atoms with Gasteiger partial charge in [-0.05, 0) is 40.9 Å². The van der Waals surface area contributed by atoms with E-state index >= 15 is 0 Å². The second-order valence-corrected chi connectivity index (χ2v) is 5.50. The molecule has 2 rings (SSSR count). The third-order valence-electron chi connectivity index (χ3n) is 3.32. The third-order valence-corrected chi connectivity index (χ3v) is 3.91. The smallest absolute Gasteiger partial charge is 0.278 e. The van der Waals surface area contributed by atoms with E-state index in [1.54, 1.807) is 19.2 Å². The van der Waals surface area contributed by atoms with Crippen LogP contribution in [0.15, 0.2) is 16.6 Å². The molecule has 1 aromatic carbocycles. The molecule has 0 bridgehead atoms. The van der Waals surface area contributed by atoms with Crippen LogP contribution in [-0.2, 0) is 4.84 Å². The fourth-order valence-corrected chi connectivity index (χ4v) is 2.86. The Balaban J connectivity index is 2.12. The number of hydroxylamine groups is 1. The number of amides is 1. The zero-order chi connectivity index (χ0) is 14.5. The molecule has 0 aliphatic heterocycles. The van der Waals surface area contributed by atoms with Gasteiger partial charge in [0, 0.05) is 0 Å². The number of hydrogen-bond acceptors (Lipinski definition) is 4. The zero-order valence-electron chi connectivity index (χ0n) is 11.6. The summed E-state index contributed by atoms with van der Waals surface area (Å²) < 4.78 is 11.1. The van der Waals surface area contributed by atoms with E-state index in [2.05, 4.69) is 21.4 Å². The van der Waals surface area contributed by atoms with Crippen molar-refractivity contribution in [1.82, 2.24) is 5.48 Å². The molecule has 6 heteroatoms. The Bertz CT molecular complexity index is 486. The summed E-state index contributed by atoms with van der Waals surface area (Å²) >= 11 is 3.36. The topological polar surface area (TPSA) is 56.8 Å². The Kier molecular flexibility index (Phi) is 5.25. The van der Waals surface area contributed by atoms with Crippen LogP contribution in [0.4, 0.5) is 0 Å². The van der Waals surface area contributed by atoms with Crippen LogP contribution in [0.1, 0.15) is 36.0 Å². The highest BCUT2D eigenvalue weighted by Crippen LogP contribution is 2.33. The molecule has 0 atom stereocenters. The lowest BCUT2D eigenvalue weighted by Gasteiger charge is -2.14. The Morgan fingerprint density at radius 2 is 1.95 bits per heavy atom. The summed E-state index contributed by atoms with van der Waals surface area (Å²) in [5.74, 6) is 0.690. The average Bonchev–Trinajstić information content (AvgIpc) is 2.97. The van der Waals surface area contributed by atoms with Gasteiger partial charge in [0.05, 0.1) is 30.4 Å².